The highest BCUT2D eigenvalue weighted by molar-refractivity contribution is 6.00. The lowest BCUT2D eigenvalue weighted by molar-refractivity contribution is -0.168. The van der Waals surface area contributed by atoms with Crippen molar-refractivity contribution in [3.05, 3.63) is 29.8 Å². The Labute approximate surface area is 234 Å². The predicted molar refractivity (Wildman–Crippen MR) is 160 cm³/mol. The number of rotatable bonds is 23. The van der Waals surface area contributed by atoms with Crippen LogP contribution in [0.5, 0.6) is 5.75 Å². The highest BCUT2D eigenvalue weighted by Crippen LogP contribution is 2.33. The molecule has 218 valence electrons. The fourth-order valence-corrected chi connectivity index (χ4v) is 5.11. The largest absolute Gasteiger partial charge is 0.465 e. The Kier molecular flexibility index (Phi) is 18.9. The molecule has 0 unspecified atom stereocenters. The number of unbranched alkanes of at least 4 members (excludes halogenated alkanes) is 15. The summed E-state index contributed by atoms with van der Waals surface area (Å²) < 4.78 is 11.4. The van der Waals surface area contributed by atoms with Crippen molar-refractivity contribution >= 4 is 11.9 Å². The first-order chi connectivity index (χ1) is 18.4. The van der Waals surface area contributed by atoms with Crippen LogP contribution < -0.4 is 4.74 Å². The molecule has 0 aliphatic carbocycles. The summed E-state index contributed by atoms with van der Waals surface area (Å²) >= 11 is 0. The van der Waals surface area contributed by atoms with Crippen molar-refractivity contribution in [3.8, 4) is 5.75 Å². The average molecular weight is 531 g/mol. The van der Waals surface area contributed by atoms with Gasteiger partial charge in [-0.25, -0.2) is 0 Å². The summed E-state index contributed by atoms with van der Waals surface area (Å²) in [6.45, 7) is 10.5. The van der Waals surface area contributed by atoms with E-state index in [1.165, 1.54) is 89.9 Å². The van der Waals surface area contributed by atoms with Crippen LogP contribution in [0.2, 0.25) is 0 Å². The topological polar surface area (TPSA) is 52.6 Å². The Bertz CT molecular complexity index is 751. The van der Waals surface area contributed by atoms with Crippen LogP contribution in [-0.2, 0) is 14.3 Å². The third-order valence-corrected chi connectivity index (χ3v) is 7.96. The number of carbonyl (C=O) groups excluding carboxylic acids is 2. The molecule has 1 aromatic rings. The summed E-state index contributed by atoms with van der Waals surface area (Å²) in [5.74, 6) is -0.203. The van der Waals surface area contributed by atoms with Gasteiger partial charge >= 0.3 is 11.9 Å². The van der Waals surface area contributed by atoms with Gasteiger partial charge in [0.15, 0.2) is 5.41 Å². The maximum atomic E-state index is 13.2. The first-order valence-corrected chi connectivity index (χ1v) is 15.9. The Morgan fingerprint density at radius 1 is 0.658 bits per heavy atom. The molecule has 0 radical (unpaired) electrons. The van der Waals surface area contributed by atoms with Gasteiger partial charge in [0.05, 0.1) is 6.61 Å². The Hall–Kier alpha value is -1.84. The fraction of sp³-hybridized carbons (Fsp3) is 0.765. The first-order valence-electron chi connectivity index (χ1n) is 15.9. The monoisotopic (exact) mass is 530 g/mol. The van der Waals surface area contributed by atoms with Crippen LogP contribution in [0, 0.1) is 5.41 Å². The quantitative estimate of drug-likeness (QED) is 0.0611. The zero-order chi connectivity index (χ0) is 28.1. The molecule has 0 aromatic heterocycles. The minimum atomic E-state index is -1.25. The van der Waals surface area contributed by atoms with Crippen LogP contribution in [0.1, 0.15) is 162 Å². The van der Waals surface area contributed by atoms with E-state index in [-0.39, 0.29) is 5.92 Å². The Balaban J connectivity index is 2.20. The molecule has 4 heteroatoms. The second-order valence-electron chi connectivity index (χ2n) is 11.3. The summed E-state index contributed by atoms with van der Waals surface area (Å²) in [7, 11) is 0. The summed E-state index contributed by atoms with van der Waals surface area (Å²) in [5.41, 5.74) is -0.289. The molecule has 0 N–H and O–H groups in total. The van der Waals surface area contributed by atoms with Crippen molar-refractivity contribution in [3.63, 3.8) is 0 Å². The second-order valence-corrected chi connectivity index (χ2v) is 11.3. The van der Waals surface area contributed by atoms with Crippen molar-refractivity contribution in [2.75, 3.05) is 6.61 Å². The van der Waals surface area contributed by atoms with E-state index in [1.807, 2.05) is 32.0 Å². The average Bonchev–Trinajstić information content (AvgIpc) is 2.91. The maximum absolute atomic E-state index is 13.2. The van der Waals surface area contributed by atoms with Crippen molar-refractivity contribution in [2.24, 2.45) is 5.41 Å². The number of esters is 2. The molecular weight excluding hydrogens is 472 g/mol. The molecule has 0 amide bonds. The highest BCUT2D eigenvalue weighted by Gasteiger charge is 2.46. The van der Waals surface area contributed by atoms with Gasteiger partial charge in [0.25, 0.3) is 0 Å². The van der Waals surface area contributed by atoms with Gasteiger partial charge in [0, 0.05) is 0 Å². The number of hydrogen-bond donors (Lipinski definition) is 0. The van der Waals surface area contributed by atoms with Gasteiger partial charge in [0.1, 0.15) is 5.75 Å². The van der Waals surface area contributed by atoms with Crippen molar-refractivity contribution in [2.45, 2.75) is 156 Å². The lowest BCUT2D eigenvalue weighted by atomic mass is 9.82. The molecule has 1 rings (SSSR count). The van der Waals surface area contributed by atoms with Crippen LogP contribution in [-0.4, -0.2) is 18.5 Å². The van der Waals surface area contributed by atoms with E-state index in [0.717, 1.165) is 18.4 Å². The van der Waals surface area contributed by atoms with Crippen molar-refractivity contribution in [1.82, 2.24) is 0 Å². The van der Waals surface area contributed by atoms with Crippen molar-refractivity contribution in [1.29, 1.82) is 0 Å². The zero-order valence-electron chi connectivity index (χ0n) is 25.5. The molecule has 38 heavy (non-hydrogen) atoms. The number of para-hydroxylation sites is 1. The number of ether oxygens (including phenoxy) is 2. The van der Waals surface area contributed by atoms with E-state index in [9.17, 15) is 9.59 Å². The lowest BCUT2D eigenvalue weighted by Crippen LogP contribution is -2.42. The smallest absolute Gasteiger partial charge is 0.328 e. The third-order valence-electron chi connectivity index (χ3n) is 7.96. The minimum absolute atomic E-state index is 0.221. The molecule has 0 saturated carbocycles. The minimum Gasteiger partial charge on any atom is -0.465 e. The van der Waals surface area contributed by atoms with Gasteiger partial charge in [-0.3, -0.25) is 9.59 Å². The van der Waals surface area contributed by atoms with Gasteiger partial charge < -0.3 is 9.47 Å². The van der Waals surface area contributed by atoms with Gasteiger partial charge in [-0.1, -0.05) is 149 Å². The van der Waals surface area contributed by atoms with Crippen LogP contribution in [0.15, 0.2) is 24.3 Å². The summed E-state index contributed by atoms with van der Waals surface area (Å²) in [6.07, 6.45) is 21.7. The molecule has 0 spiro atoms. The van der Waals surface area contributed by atoms with E-state index in [2.05, 4.69) is 20.8 Å². The van der Waals surface area contributed by atoms with Crippen LogP contribution in [0.25, 0.3) is 0 Å². The molecule has 0 fully saturated rings. The van der Waals surface area contributed by atoms with E-state index in [1.54, 1.807) is 6.07 Å². The predicted octanol–water partition coefficient (Wildman–Crippen LogP) is 10.3. The SMILES string of the molecule is CCCCCCCCCCCCCCCCCCOC(=O)C(CC)(CC)C(=O)Oc1ccccc1C(C)C. The molecule has 0 aliphatic heterocycles. The number of carbonyl (C=O) groups is 2. The Morgan fingerprint density at radius 3 is 1.55 bits per heavy atom. The molecule has 0 atom stereocenters. The van der Waals surface area contributed by atoms with Gasteiger partial charge in [0.2, 0.25) is 0 Å². The summed E-state index contributed by atoms with van der Waals surface area (Å²) in [5, 5.41) is 0. The van der Waals surface area contributed by atoms with Gasteiger partial charge in [-0.2, -0.15) is 0 Å². The first kappa shape index (κ1) is 34.2. The number of hydrogen-bond acceptors (Lipinski definition) is 4. The van der Waals surface area contributed by atoms with Gasteiger partial charge in [-0.05, 0) is 36.8 Å². The van der Waals surface area contributed by atoms with Crippen LogP contribution in [0.3, 0.4) is 0 Å². The van der Waals surface area contributed by atoms with Crippen LogP contribution in [0.4, 0.5) is 0 Å². The van der Waals surface area contributed by atoms with Gasteiger partial charge in [-0.15, -0.1) is 0 Å². The van der Waals surface area contributed by atoms with E-state index < -0.39 is 17.4 Å². The molecule has 0 heterocycles. The summed E-state index contributed by atoms with van der Waals surface area (Å²) in [6, 6.07) is 7.54. The third kappa shape index (κ3) is 12.8. The molecule has 0 aliphatic rings. The maximum Gasteiger partial charge on any atom is 0.328 e. The fourth-order valence-electron chi connectivity index (χ4n) is 5.11. The Morgan fingerprint density at radius 2 is 1.11 bits per heavy atom. The second kappa shape index (κ2) is 21.0. The van der Waals surface area contributed by atoms with E-state index >= 15 is 0 Å². The molecular formula is C34H58O4. The zero-order valence-corrected chi connectivity index (χ0v) is 25.5. The van der Waals surface area contributed by atoms with Crippen molar-refractivity contribution < 1.29 is 19.1 Å². The highest BCUT2D eigenvalue weighted by atomic mass is 16.6. The van der Waals surface area contributed by atoms with Crippen LogP contribution >= 0.6 is 0 Å². The normalized spacial score (nSPS) is 11.6. The molecule has 4 nitrogen and oxygen atoms in total. The molecule has 0 saturated heterocycles. The van der Waals surface area contributed by atoms with E-state index in [0.29, 0.717) is 25.2 Å². The lowest BCUT2D eigenvalue weighted by Gasteiger charge is -2.27. The molecule has 1 aromatic carbocycles. The standard InChI is InChI=1S/C34H58O4/c1-6-9-10-11-12-13-14-15-16-17-18-19-20-21-22-25-28-37-32(35)34(7-2,8-3)33(36)38-31-27-24-23-26-30(31)29(4)5/h23-24,26-27,29H,6-22,25,28H2,1-5H3. The molecule has 0 bridgehead atoms. The van der Waals surface area contributed by atoms with E-state index in [4.69, 9.17) is 9.47 Å². The summed E-state index contributed by atoms with van der Waals surface area (Å²) in [4.78, 5) is 26.2. The number of benzene rings is 1.